The Kier molecular flexibility index (Phi) is 2.84. The standard InChI is InChI=1S/C14H10F2OS/c15-9-5-8-7-18-12-4-2-1-3-10(12)14(17)13(8)11(16)6-9/h1-6,14,17H,7H2. The molecule has 1 aliphatic rings. The lowest BCUT2D eigenvalue weighted by atomic mass is 9.97. The molecular weight excluding hydrogens is 254 g/mol. The first-order valence-corrected chi connectivity index (χ1v) is 6.53. The van der Waals surface area contributed by atoms with E-state index in [-0.39, 0.29) is 5.56 Å². The Morgan fingerprint density at radius 2 is 1.94 bits per heavy atom. The van der Waals surface area contributed by atoms with Gasteiger partial charge >= 0.3 is 0 Å². The highest BCUT2D eigenvalue weighted by atomic mass is 32.2. The smallest absolute Gasteiger partial charge is 0.132 e. The number of thioether (sulfide) groups is 1. The number of aliphatic hydroxyl groups excluding tert-OH is 1. The fourth-order valence-electron chi connectivity index (χ4n) is 2.21. The highest BCUT2D eigenvalue weighted by Crippen LogP contribution is 2.40. The van der Waals surface area contributed by atoms with Gasteiger partial charge in [0.05, 0.1) is 0 Å². The molecule has 0 aliphatic carbocycles. The number of aliphatic hydroxyl groups is 1. The van der Waals surface area contributed by atoms with Crippen molar-refractivity contribution in [1.29, 1.82) is 0 Å². The predicted octanol–water partition coefficient (Wildman–Crippen LogP) is 3.65. The molecule has 0 radical (unpaired) electrons. The second-order valence-corrected chi connectivity index (χ2v) is 5.21. The summed E-state index contributed by atoms with van der Waals surface area (Å²) in [5.41, 5.74) is 1.38. The van der Waals surface area contributed by atoms with E-state index in [1.165, 1.54) is 17.8 Å². The van der Waals surface area contributed by atoms with E-state index < -0.39 is 17.7 Å². The monoisotopic (exact) mass is 264 g/mol. The van der Waals surface area contributed by atoms with E-state index >= 15 is 0 Å². The fraction of sp³-hybridized carbons (Fsp3) is 0.143. The largest absolute Gasteiger partial charge is 0.383 e. The number of benzene rings is 2. The zero-order chi connectivity index (χ0) is 12.7. The van der Waals surface area contributed by atoms with E-state index in [1.807, 2.05) is 12.1 Å². The van der Waals surface area contributed by atoms with Crippen LogP contribution in [0.25, 0.3) is 0 Å². The predicted molar refractivity (Wildman–Crippen MR) is 66.4 cm³/mol. The van der Waals surface area contributed by atoms with Crippen LogP contribution in [0.3, 0.4) is 0 Å². The molecule has 0 amide bonds. The van der Waals surface area contributed by atoms with E-state index in [2.05, 4.69) is 0 Å². The molecule has 1 nitrogen and oxygen atoms in total. The minimum Gasteiger partial charge on any atom is -0.383 e. The Labute approximate surface area is 107 Å². The van der Waals surface area contributed by atoms with Crippen molar-refractivity contribution in [3.05, 3.63) is 64.7 Å². The van der Waals surface area contributed by atoms with Gasteiger partial charge in [-0.1, -0.05) is 18.2 Å². The molecule has 1 aliphatic heterocycles. The lowest BCUT2D eigenvalue weighted by Gasteiger charge is -2.14. The van der Waals surface area contributed by atoms with Crippen LogP contribution in [-0.4, -0.2) is 5.11 Å². The molecule has 1 N–H and O–H groups in total. The summed E-state index contributed by atoms with van der Waals surface area (Å²) < 4.78 is 27.1. The first-order chi connectivity index (χ1) is 8.66. The molecule has 0 fully saturated rings. The molecule has 1 unspecified atom stereocenters. The number of halogens is 2. The Morgan fingerprint density at radius 1 is 1.17 bits per heavy atom. The summed E-state index contributed by atoms with van der Waals surface area (Å²) in [6, 6.07) is 9.43. The molecule has 0 saturated carbocycles. The van der Waals surface area contributed by atoms with E-state index in [0.29, 0.717) is 16.9 Å². The topological polar surface area (TPSA) is 20.2 Å². The van der Waals surface area contributed by atoms with Gasteiger partial charge in [-0.25, -0.2) is 8.78 Å². The summed E-state index contributed by atoms with van der Waals surface area (Å²) in [5.74, 6) is -0.835. The van der Waals surface area contributed by atoms with Gasteiger partial charge in [-0.2, -0.15) is 0 Å². The fourth-order valence-corrected chi connectivity index (χ4v) is 3.28. The minimum absolute atomic E-state index is 0.189. The van der Waals surface area contributed by atoms with Crippen LogP contribution in [0.1, 0.15) is 22.8 Å². The van der Waals surface area contributed by atoms with Crippen molar-refractivity contribution in [2.75, 3.05) is 0 Å². The van der Waals surface area contributed by atoms with Crippen LogP contribution >= 0.6 is 11.8 Å². The first-order valence-electron chi connectivity index (χ1n) is 5.54. The second-order valence-electron chi connectivity index (χ2n) is 4.19. The molecule has 4 heteroatoms. The Bertz CT molecular complexity index is 613. The Morgan fingerprint density at radius 3 is 2.78 bits per heavy atom. The van der Waals surface area contributed by atoms with Crippen LogP contribution in [-0.2, 0) is 5.75 Å². The summed E-state index contributed by atoms with van der Waals surface area (Å²) >= 11 is 1.48. The van der Waals surface area contributed by atoms with Crippen molar-refractivity contribution in [1.82, 2.24) is 0 Å². The second kappa shape index (κ2) is 4.37. The number of hydrogen-bond acceptors (Lipinski definition) is 2. The van der Waals surface area contributed by atoms with Gasteiger partial charge in [-0.15, -0.1) is 11.8 Å². The quantitative estimate of drug-likeness (QED) is 0.783. The zero-order valence-corrected chi connectivity index (χ0v) is 10.2. The maximum Gasteiger partial charge on any atom is 0.132 e. The zero-order valence-electron chi connectivity index (χ0n) is 9.36. The van der Waals surface area contributed by atoms with Gasteiger partial charge in [0.15, 0.2) is 0 Å². The first kappa shape index (κ1) is 11.7. The molecule has 0 saturated heterocycles. The van der Waals surface area contributed by atoms with E-state index in [9.17, 15) is 13.9 Å². The lowest BCUT2D eigenvalue weighted by Crippen LogP contribution is -2.06. The third-order valence-corrected chi connectivity index (χ3v) is 4.19. The van der Waals surface area contributed by atoms with Gasteiger partial charge in [0.1, 0.15) is 17.7 Å². The third kappa shape index (κ3) is 1.82. The number of fused-ring (bicyclic) bond motifs is 2. The molecule has 18 heavy (non-hydrogen) atoms. The molecular formula is C14H10F2OS. The van der Waals surface area contributed by atoms with Gasteiger partial charge in [0.2, 0.25) is 0 Å². The van der Waals surface area contributed by atoms with Gasteiger partial charge in [-0.3, -0.25) is 0 Å². The lowest BCUT2D eigenvalue weighted by molar-refractivity contribution is 0.211. The normalized spacial score (nSPS) is 17.8. The maximum absolute atomic E-state index is 13.8. The average Bonchev–Trinajstić information content (AvgIpc) is 2.48. The highest BCUT2D eigenvalue weighted by Gasteiger charge is 2.25. The SMILES string of the molecule is OC1c2ccccc2SCc2cc(F)cc(F)c21. The van der Waals surface area contributed by atoms with Crippen LogP contribution in [0, 0.1) is 11.6 Å². The summed E-state index contributed by atoms with van der Waals surface area (Å²) in [4.78, 5) is 0.904. The molecule has 1 atom stereocenters. The van der Waals surface area contributed by atoms with Gasteiger partial charge in [0, 0.05) is 22.3 Å². The molecule has 2 aromatic carbocycles. The summed E-state index contributed by atoms with van der Waals surface area (Å²) in [7, 11) is 0. The van der Waals surface area contributed by atoms with Crippen molar-refractivity contribution in [3.63, 3.8) is 0 Å². The van der Waals surface area contributed by atoms with Crippen molar-refractivity contribution in [2.45, 2.75) is 16.8 Å². The van der Waals surface area contributed by atoms with Crippen LogP contribution in [0.15, 0.2) is 41.3 Å². The number of hydrogen-bond donors (Lipinski definition) is 1. The Hall–Kier alpha value is -1.39. The maximum atomic E-state index is 13.8. The summed E-state index contributed by atoms with van der Waals surface area (Å²) in [6.45, 7) is 0. The molecule has 1 heterocycles. The molecule has 92 valence electrons. The van der Waals surface area contributed by atoms with Crippen molar-refractivity contribution < 1.29 is 13.9 Å². The van der Waals surface area contributed by atoms with Crippen LogP contribution in [0.2, 0.25) is 0 Å². The Balaban J connectivity index is 2.22. The summed E-state index contributed by atoms with van der Waals surface area (Å²) in [6.07, 6.45) is -1.04. The summed E-state index contributed by atoms with van der Waals surface area (Å²) in [5, 5.41) is 10.3. The van der Waals surface area contributed by atoms with Gasteiger partial charge in [-0.05, 0) is 23.3 Å². The van der Waals surface area contributed by atoms with E-state index in [0.717, 1.165) is 11.0 Å². The number of rotatable bonds is 0. The molecule has 2 aromatic rings. The molecule has 3 rings (SSSR count). The van der Waals surface area contributed by atoms with Crippen LogP contribution < -0.4 is 0 Å². The van der Waals surface area contributed by atoms with Gasteiger partial charge < -0.3 is 5.11 Å². The van der Waals surface area contributed by atoms with Crippen molar-refractivity contribution in [2.24, 2.45) is 0 Å². The third-order valence-electron chi connectivity index (χ3n) is 3.05. The van der Waals surface area contributed by atoms with E-state index in [1.54, 1.807) is 12.1 Å². The van der Waals surface area contributed by atoms with Crippen molar-refractivity contribution in [3.8, 4) is 0 Å². The van der Waals surface area contributed by atoms with Crippen LogP contribution in [0.5, 0.6) is 0 Å². The molecule has 0 aromatic heterocycles. The van der Waals surface area contributed by atoms with E-state index in [4.69, 9.17) is 0 Å². The molecule has 0 spiro atoms. The van der Waals surface area contributed by atoms with Crippen molar-refractivity contribution >= 4 is 11.8 Å². The average molecular weight is 264 g/mol. The van der Waals surface area contributed by atoms with Crippen LogP contribution in [0.4, 0.5) is 8.78 Å². The highest BCUT2D eigenvalue weighted by molar-refractivity contribution is 7.98. The minimum atomic E-state index is -1.04. The van der Waals surface area contributed by atoms with Gasteiger partial charge in [0.25, 0.3) is 0 Å². The molecule has 0 bridgehead atoms.